The summed E-state index contributed by atoms with van der Waals surface area (Å²) in [5.41, 5.74) is 5.11. The lowest BCUT2D eigenvalue weighted by atomic mass is 9.72. The van der Waals surface area contributed by atoms with Crippen molar-refractivity contribution in [3.63, 3.8) is 0 Å². The maximum absolute atomic E-state index is 13.7. The van der Waals surface area contributed by atoms with Crippen LogP contribution in [0.5, 0.6) is 0 Å². The first kappa shape index (κ1) is 22.3. The molecule has 0 radical (unpaired) electrons. The molecule has 0 saturated carbocycles. The van der Waals surface area contributed by atoms with Gasteiger partial charge in [-0.15, -0.1) is 11.3 Å². The lowest BCUT2D eigenvalue weighted by Gasteiger charge is -2.36. The number of carbonyl (C=O) groups is 2. The van der Waals surface area contributed by atoms with Crippen LogP contribution < -0.4 is 10.6 Å². The molecule has 6 heteroatoms. The summed E-state index contributed by atoms with van der Waals surface area (Å²) in [6.45, 7) is 3.87. The predicted molar refractivity (Wildman–Crippen MR) is 133 cm³/mol. The zero-order chi connectivity index (χ0) is 23.8. The number of hydrogen-bond acceptors (Lipinski definition) is 4. The Labute approximate surface area is 202 Å². The normalized spacial score (nSPS) is 20.1. The lowest BCUT2D eigenvalue weighted by Crippen LogP contribution is -2.37. The number of allylic oxidation sites excluding steroid dienone is 3. The van der Waals surface area contributed by atoms with Crippen LogP contribution in [0, 0.1) is 12.7 Å². The number of dihydropyridines is 1. The minimum Gasteiger partial charge on any atom is -0.362 e. The minimum absolute atomic E-state index is 0.0567. The van der Waals surface area contributed by atoms with Gasteiger partial charge in [0.05, 0.1) is 0 Å². The third-order valence-electron chi connectivity index (χ3n) is 6.51. The number of ketones is 1. The summed E-state index contributed by atoms with van der Waals surface area (Å²) in [7, 11) is 0. The number of rotatable bonds is 4. The standard InChI is InChI=1S/C28H25FN2O2S/c1-16-8-10-18(11-9-16)26-25(28(33)31-21-6-3-5-20(29)15-21)17(2)30-22-13-19(14-23(32)27(22)26)24-7-4-12-34-24/h3-12,15,19,26,30H,13-14H2,1-2H3,(H,31,33). The molecule has 172 valence electrons. The molecule has 2 heterocycles. The van der Waals surface area contributed by atoms with Gasteiger partial charge in [0.1, 0.15) is 5.82 Å². The Kier molecular flexibility index (Phi) is 5.92. The summed E-state index contributed by atoms with van der Waals surface area (Å²) >= 11 is 1.67. The highest BCUT2D eigenvalue weighted by Crippen LogP contribution is 2.46. The van der Waals surface area contributed by atoms with Crippen LogP contribution in [-0.2, 0) is 9.59 Å². The summed E-state index contributed by atoms with van der Waals surface area (Å²) in [6, 6.07) is 17.9. The molecular weight excluding hydrogens is 447 g/mol. The molecule has 2 atom stereocenters. The number of nitrogens with one attached hydrogen (secondary N) is 2. The van der Waals surface area contributed by atoms with E-state index in [1.54, 1.807) is 23.5 Å². The van der Waals surface area contributed by atoms with Crippen molar-refractivity contribution in [1.82, 2.24) is 5.32 Å². The van der Waals surface area contributed by atoms with E-state index in [4.69, 9.17) is 0 Å². The van der Waals surface area contributed by atoms with Gasteiger partial charge in [0.15, 0.2) is 5.78 Å². The average molecular weight is 473 g/mol. The van der Waals surface area contributed by atoms with Crippen molar-refractivity contribution >= 4 is 28.7 Å². The summed E-state index contributed by atoms with van der Waals surface area (Å²) in [5, 5.41) is 8.25. The minimum atomic E-state index is -0.484. The van der Waals surface area contributed by atoms with Gasteiger partial charge >= 0.3 is 0 Å². The average Bonchev–Trinajstić information content (AvgIpc) is 3.33. The van der Waals surface area contributed by atoms with Gasteiger partial charge in [0, 0.05) is 51.4 Å². The molecule has 1 amide bonds. The summed E-state index contributed by atoms with van der Waals surface area (Å²) in [4.78, 5) is 28.3. The predicted octanol–water partition coefficient (Wildman–Crippen LogP) is 6.20. The second-order valence-electron chi connectivity index (χ2n) is 8.91. The van der Waals surface area contributed by atoms with E-state index in [1.807, 2.05) is 49.6 Å². The second kappa shape index (κ2) is 9.03. The molecule has 0 spiro atoms. The van der Waals surface area contributed by atoms with E-state index in [0.29, 0.717) is 29.0 Å². The lowest BCUT2D eigenvalue weighted by molar-refractivity contribution is -0.116. The van der Waals surface area contributed by atoms with E-state index in [2.05, 4.69) is 16.7 Å². The second-order valence-corrected chi connectivity index (χ2v) is 9.89. The van der Waals surface area contributed by atoms with Crippen LogP contribution in [0.4, 0.5) is 10.1 Å². The molecule has 2 aliphatic rings. The van der Waals surface area contributed by atoms with Gasteiger partial charge in [-0.2, -0.15) is 0 Å². The van der Waals surface area contributed by atoms with Gasteiger partial charge in [-0.25, -0.2) is 4.39 Å². The van der Waals surface area contributed by atoms with Crippen LogP contribution in [0.15, 0.2) is 88.6 Å². The molecule has 0 bridgehead atoms. The molecule has 2 aromatic carbocycles. The molecule has 0 saturated heterocycles. The molecule has 1 aliphatic carbocycles. The van der Waals surface area contributed by atoms with E-state index in [-0.39, 0.29) is 17.6 Å². The maximum atomic E-state index is 13.7. The van der Waals surface area contributed by atoms with Crippen molar-refractivity contribution in [1.29, 1.82) is 0 Å². The SMILES string of the molecule is CC1=C(C(=O)Nc2cccc(F)c2)C(c2ccc(C)cc2)C2=C(CC(c3cccs3)CC2=O)N1. The number of benzene rings is 2. The Morgan fingerprint density at radius 1 is 1.06 bits per heavy atom. The summed E-state index contributed by atoms with van der Waals surface area (Å²) < 4.78 is 13.7. The first-order valence-electron chi connectivity index (χ1n) is 11.3. The topological polar surface area (TPSA) is 58.2 Å². The van der Waals surface area contributed by atoms with E-state index >= 15 is 0 Å². The molecule has 1 aromatic heterocycles. The van der Waals surface area contributed by atoms with Gasteiger partial charge in [-0.05, 0) is 55.5 Å². The number of halogens is 1. The monoisotopic (exact) mass is 472 g/mol. The molecule has 34 heavy (non-hydrogen) atoms. The Morgan fingerprint density at radius 2 is 1.85 bits per heavy atom. The zero-order valence-electron chi connectivity index (χ0n) is 19.0. The largest absolute Gasteiger partial charge is 0.362 e. The fourth-order valence-corrected chi connectivity index (χ4v) is 5.75. The number of carbonyl (C=O) groups excluding carboxylic acids is 2. The van der Waals surface area contributed by atoms with Gasteiger partial charge < -0.3 is 10.6 Å². The van der Waals surface area contributed by atoms with Gasteiger partial charge in [-0.1, -0.05) is 42.0 Å². The van der Waals surface area contributed by atoms with E-state index in [0.717, 1.165) is 23.2 Å². The molecule has 4 nitrogen and oxygen atoms in total. The molecular formula is C28H25FN2O2S. The summed E-state index contributed by atoms with van der Waals surface area (Å²) in [6.07, 6.45) is 1.14. The Bertz CT molecular complexity index is 1320. The van der Waals surface area contributed by atoms with Crippen LogP contribution in [-0.4, -0.2) is 11.7 Å². The molecule has 0 fully saturated rings. The van der Waals surface area contributed by atoms with E-state index < -0.39 is 11.7 Å². The van der Waals surface area contributed by atoms with Gasteiger partial charge in [0.2, 0.25) is 0 Å². The maximum Gasteiger partial charge on any atom is 0.254 e. The van der Waals surface area contributed by atoms with Gasteiger partial charge in [0.25, 0.3) is 5.91 Å². The van der Waals surface area contributed by atoms with Crippen molar-refractivity contribution in [2.75, 3.05) is 5.32 Å². The fraction of sp³-hybridized carbons (Fsp3) is 0.214. The molecule has 3 aromatic rings. The number of anilines is 1. The fourth-order valence-electron chi connectivity index (χ4n) is 4.92. The summed E-state index contributed by atoms with van der Waals surface area (Å²) in [5.74, 6) is -1.07. The van der Waals surface area contributed by atoms with E-state index in [9.17, 15) is 14.0 Å². The van der Waals surface area contributed by atoms with Crippen molar-refractivity contribution in [3.8, 4) is 0 Å². The molecule has 2 N–H and O–H groups in total. The van der Waals surface area contributed by atoms with Crippen LogP contribution >= 0.6 is 11.3 Å². The highest BCUT2D eigenvalue weighted by atomic mass is 32.1. The highest BCUT2D eigenvalue weighted by molar-refractivity contribution is 7.10. The molecule has 2 unspecified atom stereocenters. The smallest absolute Gasteiger partial charge is 0.254 e. The number of thiophene rings is 1. The Morgan fingerprint density at radius 3 is 2.56 bits per heavy atom. The Hall–Kier alpha value is -3.51. The van der Waals surface area contributed by atoms with Crippen molar-refractivity contribution in [3.05, 3.63) is 110 Å². The van der Waals surface area contributed by atoms with Gasteiger partial charge in [-0.3, -0.25) is 9.59 Å². The molecule has 1 aliphatic heterocycles. The number of amides is 1. The van der Waals surface area contributed by atoms with Crippen LogP contribution in [0.3, 0.4) is 0 Å². The van der Waals surface area contributed by atoms with Crippen molar-refractivity contribution in [2.24, 2.45) is 0 Å². The van der Waals surface area contributed by atoms with Crippen LogP contribution in [0.25, 0.3) is 0 Å². The number of hydrogen-bond donors (Lipinski definition) is 2. The van der Waals surface area contributed by atoms with Crippen molar-refractivity contribution in [2.45, 2.75) is 38.5 Å². The third-order valence-corrected chi connectivity index (χ3v) is 7.55. The zero-order valence-corrected chi connectivity index (χ0v) is 19.8. The number of Topliss-reactive ketones (excluding diaryl/α,β-unsaturated/α-hetero) is 1. The first-order valence-corrected chi connectivity index (χ1v) is 12.2. The Balaban J connectivity index is 1.56. The van der Waals surface area contributed by atoms with Crippen LogP contribution in [0.1, 0.15) is 47.6 Å². The molecule has 5 rings (SSSR count). The van der Waals surface area contributed by atoms with Crippen molar-refractivity contribution < 1.29 is 14.0 Å². The quantitative estimate of drug-likeness (QED) is 0.476. The van der Waals surface area contributed by atoms with E-state index in [1.165, 1.54) is 17.0 Å². The van der Waals surface area contributed by atoms with Crippen LogP contribution in [0.2, 0.25) is 0 Å². The highest BCUT2D eigenvalue weighted by Gasteiger charge is 2.41. The number of aryl methyl sites for hydroxylation is 1. The first-order chi connectivity index (χ1) is 16.4. The third kappa shape index (κ3) is 4.21.